The maximum atomic E-state index is 13.2. The molecule has 1 amide bonds. The van der Waals surface area contributed by atoms with Crippen LogP contribution in [0.1, 0.15) is 24.2 Å². The molecule has 0 saturated heterocycles. The van der Waals surface area contributed by atoms with Crippen LogP contribution in [0.3, 0.4) is 0 Å². The zero-order chi connectivity index (χ0) is 19.4. The van der Waals surface area contributed by atoms with Gasteiger partial charge in [-0.15, -0.1) is 12.4 Å². The molecule has 2 aromatic carbocycles. The van der Waals surface area contributed by atoms with Crippen molar-refractivity contribution in [2.45, 2.75) is 13.8 Å². The summed E-state index contributed by atoms with van der Waals surface area (Å²) in [5.74, 6) is -0.0511. The summed E-state index contributed by atoms with van der Waals surface area (Å²) >= 11 is 11.2. The van der Waals surface area contributed by atoms with Crippen LogP contribution in [0.4, 0.5) is 5.13 Å². The zero-order valence-electron chi connectivity index (χ0n) is 15.7. The van der Waals surface area contributed by atoms with Gasteiger partial charge in [-0.25, -0.2) is 4.98 Å². The van der Waals surface area contributed by atoms with Gasteiger partial charge in [0.1, 0.15) is 5.52 Å². The van der Waals surface area contributed by atoms with Gasteiger partial charge in [0.2, 0.25) is 0 Å². The fraction of sp³-hybridized carbons (Fsp3) is 0.300. The molecule has 0 radical (unpaired) electrons. The summed E-state index contributed by atoms with van der Waals surface area (Å²) in [5.41, 5.74) is 1.39. The van der Waals surface area contributed by atoms with E-state index in [0.717, 1.165) is 34.3 Å². The van der Waals surface area contributed by atoms with Gasteiger partial charge in [0.25, 0.3) is 5.91 Å². The van der Waals surface area contributed by atoms with E-state index in [0.29, 0.717) is 22.3 Å². The molecule has 150 valence electrons. The summed E-state index contributed by atoms with van der Waals surface area (Å²) < 4.78 is 1.93. The van der Waals surface area contributed by atoms with E-state index in [9.17, 15) is 4.79 Å². The first-order valence-corrected chi connectivity index (χ1v) is 10.9. The third-order valence-corrected chi connectivity index (χ3v) is 6.34. The first kappa shape index (κ1) is 23.1. The van der Waals surface area contributed by atoms with Crippen molar-refractivity contribution in [2.75, 3.05) is 31.1 Å². The Hall–Kier alpha value is -1.18. The number of likely N-dealkylation sites (N-methyl/N-ethyl adjacent to an activating group) is 1. The van der Waals surface area contributed by atoms with Gasteiger partial charge >= 0.3 is 0 Å². The maximum Gasteiger partial charge on any atom is 0.260 e. The van der Waals surface area contributed by atoms with Crippen molar-refractivity contribution in [1.29, 1.82) is 0 Å². The van der Waals surface area contributed by atoms with Crippen molar-refractivity contribution in [3.63, 3.8) is 0 Å². The minimum atomic E-state index is -0.0511. The molecule has 0 aliphatic heterocycles. The van der Waals surface area contributed by atoms with Crippen molar-refractivity contribution in [1.82, 2.24) is 9.88 Å². The molecule has 0 bridgehead atoms. The third kappa shape index (κ3) is 5.24. The van der Waals surface area contributed by atoms with Gasteiger partial charge in [-0.05, 0) is 49.5 Å². The van der Waals surface area contributed by atoms with E-state index >= 15 is 0 Å². The number of hydrogen-bond donors (Lipinski definition) is 0. The normalized spacial score (nSPS) is 10.9. The number of nitrogens with zero attached hydrogens (tertiary/aromatic N) is 3. The minimum Gasteiger partial charge on any atom is -0.302 e. The van der Waals surface area contributed by atoms with Gasteiger partial charge < -0.3 is 4.90 Å². The van der Waals surface area contributed by atoms with E-state index in [1.54, 1.807) is 4.90 Å². The number of carbonyl (C=O) groups excluding carboxylic acids is 1. The summed E-state index contributed by atoms with van der Waals surface area (Å²) in [6.45, 7) is 7.52. The van der Waals surface area contributed by atoms with Crippen LogP contribution in [0.5, 0.6) is 0 Å². The molecule has 1 aromatic heterocycles. The predicted molar refractivity (Wildman–Crippen MR) is 125 cm³/mol. The number of aromatic nitrogens is 1. The predicted octanol–water partition coefficient (Wildman–Crippen LogP) is 6.12. The van der Waals surface area contributed by atoms with Crippen LogP contribution in [-0.4, -0.2) is 42.0 Å². The summed E-state index contributed by atoms with van der Waals surface area (Å²) in [7, 11) is 0. The van der Waals surface area contributed by atoms with E-state index in [4.69, 9.17) is 11.6 Å². The number of halogens is 3. The minimum absolute atomic E-state index is 0. The Labute approximate surface area is 189 Å². The van der Waals surface area contributed by atoms with Gasteiger partial charge in [-0.2, -0.15) is 0 Å². The van der Waals surface area contributed by atoms with Gasteiger partial charge in [0.15, 0.2) is 5.13 Å². The molecule has 0 aliphatic rings. The summed E-state index contributed by atoms with van der Waals surface area (Å²) in [6, 6.07) is 13.1. The second-order valence-corrected chi connectivity index (χ2v) is 8.41. The fourth-order valence-corrected chi connectivity index (χ4v) is 4.39. The molecule has 0 saturated carbocycles. The Morgan fingerprint density at radius 1 is 1.11 bits per heavy atom. The molecule has 3 aromatic rings. The number of amides is 1. The maximum absolute atomic E-state index is 13.2. The number of anilines is 1. The average molecular weight is 503 g/mol. The van der Waals surface area contributed by atoms with Crippen LogP contribution < -0.4 is 4.90 Å². The van der Waals surface area contributed by atoms with Crippen LogP contribution in [-0.2, 0) is 0 Å². The molecule has 0 spiro atoms. The lowest BCUT2D eigenvalue weighted by molar-refractivity contribution is 0.0984. The highest BCUT2D eigenvalue weighted by molar-refractivity contribution is 9.10. The highest BCUT2D eigenvalue weighted by atomic mass is 79.9. The van der Waals surface area contributed by atoms with E-state index < -0.39 is 0 Å². The smallest absolute Gasteiger partial charge is 0.260 e. The first-order valence-electron chi connectivity index (χ1n) is 8.88. The van der Waals surface area contributed by atoms with E-state index in [-0.39, 0.29) is 18.3 Å². The second kappa shape index (κ2) is 10.6. The van der Waals surface area contributed by atoms with Crippen molar-refractivity contribution in [2.24, 2.45) is 0 Å². The largest absolute Gasteiger partial charge is 0.302 e. The molecule has 0 fully saturated rings. The molecule has 3 rings (SSSR count). The Morgan fingerprint density at radius 2 is 1.79 bits per heavy atom. The van der Waals surface area contributed by atoms with Gasteiger partial charge in [-0.3, -0.25) is 9.69 Å². The molecule has 0 unspecified atom stereocenters. The monoisotopic (exact) mass is 501 g/mol. The van der Waals surface area contributed by atoms with Crippen LogP contribution in [0.25, 0.3) is 10.2 Å². The molecule has 1 heterocycles. The van der Waals surface area contributed by atoms with Crippen LogP contribution in [0.15, 0.2) is 46.9 Å². The van der Waals surface area contributed by atoms with E-state index in [1.165, 1.54) is 11.3 Å². The molecular formula is C20H22BrCl2N3OS. The summed E-state index contributed by atoms with van der Waals surface area (Å²) in [5, 5.41) is 1.29. The highest BCUT2D eigenvalue weighted by Crippen LogP contribution is 2.33. The number of thiazole rings is 1. The second-order valence-electron chi connectivity index (χ2n) is 6.07. The van der Waals surface area contributed by atoms with Crippen molar-refractivity contribution < 1.29 is 4.79 Å². The highest BCUT2D eigenvalue weighted by Gasteiger charge is 2.22. The van der Waals surface area contributed by atoms with E-state index in [1.807, 2.05) is 42.5 Å². The van der Waals surface area contributed by atoms with E-state index in [2.05, 4.69) is 39.7 Å². The first-order chi connectivity index (χ1) is 13.0. The number of hydrogen-bond acceptors (Lipinski definition) is 4. The number of carbonyl (C=O) groups is 1. The van der Waals surface area contributed by atoms with Crippen LogP contribution in [0.2, 0.25) is 5.02 Å². The van der Waals surface area contributed by atoms with Gasteiger partial charge in [0.05, 0.1) is 9.72 Å². The van der Waals surface area contributed by atoms with Crippen molar-refractivity contribution in [3.05, 3.63) is 57.5 Å². The number of benzene rings is 2. The summed E-state index contributed by atoms with van der Waals surface area (Å²) in [4.78, 5) is 22.0. The molecule has 8 heteroatoms. The number of para-hydroxylation sites is 1. The molecule has 28 heavy (non-hydrogen) atoms. The lowest BCUT2D eigenvalue weighted by Gasteiger charge is -2.24. The molecule has 0 atom stereocenters. The van der Waals surface area contributed by atoms with Crippen molar-refractivity contribution >= 4 is 72.5 Å². The van der Waals surface area contributed by atoms with Crippen LogP contribution >= 0.6 is 51.3 Å². The Kier molecular flexibility index (Phi) is 8.71. The number of rotatable bonds is 7. The number of fused-ring (bicyclic) bond motifs is 1. The molecule has 0 aliphatic carbocycles. The Morgan fingerprint density at radius 3 is 2.39 bits per heavy atom. The summed E-state index contributed by atoms with van der Waals surface area (Å²) in [6.07, 6.45) is 0. The molecule has 0 N–H and O–H groups in total. The topological polar surface area (TPSA) is 36.4 Å². The lowest BCUT2D eigenvalue weighted by Crippen LogP contribution is -2.38. The molecular weight excluding hydrogens is 481 g/mol. The fourth-order valence-electron chi connectivity index (χ4n) is 2.83. The third-order valence-electron chi connectivity index (χ3n) is 4.46. The Balaban J connectivity index is 0.00000280. The quantitative estimate of drug-likeness (QED) is 0.390. The average Bonchev–Trinajstić information content (AvgIpc) is 3.11. The van der Waals surface area contributed by atoms with Gasteiger partial charge in [-0.1, -0.05) is 58.8 Å². The van der Waals surface area contributed by atoms with Crippen LogP contribution in [0, 0.1) is 0 Å². The lowest BCUT2D eigenvalue weighted by atomic mass is 10.2. The van der Waals surface area contributed by atoms with Gasteiger partial charge in [0, 0.05) is 23.1 Å². The molecule has 4 nitrogen and oxygen atoms in total. The zero-order valence-corrected chi connectivity index (χ0v) is 19.7. The Bertz CT molecular complexity index is 929. The SMILES string of the molecule is CCN(CC)CCN(C(=O)c1ccc(Br)cc1)c1nc2c(Cl)cccc2s1.Cl. The van der Waals surface area contributed by atoms with Crippen molar-refractivity contribution in [3.8, 4) is 0 Å². The standard InChI is InChI=1S/C20H21BrClN3OS.ClH/c1-3-24(4-2)12-13-25(19(26)14-8-10-15(21)11-9-14)20-23-18-16(22)6-5-7-17(18)27-20;/h5-11H,3-4,12-13H2,1-2H3;1H.